The normalized spacial score (nSPS) is 12.9. The summed E-state index contributed by atoms with van der Waals surface area (Å²) in [7, 11) is -4.23. The molecule has 0 saturated carbocycles. The van der Waals surface area contributed by atoms with Crippen molar-refractivity contribution < 1.29 is 21.6 Å². The van der Waals surface area contributed by atoms with Crippen molar-refractivity contribution in [2.75, 3.05) is 18.8 Å². The highest BCUT2D eigenvalue weighted by molar-refractivity contribution is 9.10. The standard InChI is InChI=1S/C11H14BrF3N2O2S/c1-2-5-17(7-11(13,14)15)20(18,19)10-4-3-8(16)6-9(10)12/h3-4,6H,2,5,7,16H2,1H3. The zero-order valence-corrected chi connectivity index (χ0v) is 13.0. The van der Waals surface area contributed by atoms with Crippen LogP contribution in [0, 0.1) is 0 Å². The molecule has 0 unspecified atom stereocenters. The van der Waals surface area contributed by atoms with Crippen molar-refractivity contribution >= 4 is 31.6 Å². The minimum Gasteiger partial charge on any atom is -0.399 e. The average molecular weight is 375 g/mol. The summed E-state index contributed by atoms with van der Waals surface area (Å²) >= 11 is 3.01. The number of rotatable bonds is 5. The van der Waals surface area contributed by atoms with Gasteiger partial charge in [0, 0.05) is 16.7 Å². The fourth-order valence-electron chi connectivity index (χ4n) is 1.60. The second-order valence-electron chi connectivity index (χ2n) is 4.14. The third kappa shape index (κ3) is 4.35. The van der Waals surface area contributed by atoms with Gasteiger partial charge in [-0.3, -0.25) is 0 Å². The summed E-state index contributed by atoms with van der Waals surface area (Å²) < 4.78 is 62.6. The number of hydrogen-bond donors (Lipinski definition) is 1. The molecule has 1 aromatic rings. The molecule has 0 aliphatic heterocycles. The molecular formula is C11H14BrF3N2O2S. The van der Waals surface area contributed by atoms with Gasteiger partial charge in [0.25, 0.3) is 0 Å². The van der Waals surface area contributed by atoms with Crippen molar-refractivity contribution in [3.8, 4) is 0 Å². The van der Waals surface area contributed by atoms with E-state index in [1.54, 1.807) is 6.92 Å². The van der Waals surface area contributed by atoms with Gasteiger partial charge < -0.3 is 5.73 Å². The molecule has 0 heterocycles. The minimum absolute atomic E-state index is 0.140. The van der Waals surface area contributed by atoms with Gasteiger partial charge >= 0.3 is 6.18 Å². The van der Waals surface area contributed by atoms with E-state index in [-0.39, 0.29) is 22.3 Å². The molecule has 114 valence electrons. The predicted octanol–water partition coefficient (Wildman–Crippen LogP) is 2.99. The highest BCUT2D eigenvalue weighted by Gasteiger charge is 2.37. The van der Waals surface area contributed by atoms with Crippen LogP contribution >= 0.6 is 15.9 Å². The van der Waals surface area contributed by atoms with Crippen LogP contribution in [0.25, 0.3) is 0 Å². The van der Waals surface area contributed by atoms with Gasteiger partial charge in [-0.25, -0.2) is 8.42 Å². The van der Waals surface area contributed by atoms with Crippen LogP contribution in [-0.4, -0.2) is 32.0 Å². The van der Waals surface area contributed by atoms with Crippen molar-refractivity contribution in [1.82, 2.24) is 4.31 Å². The van der Waals surface area contributed by atoms with Gasteiger partial charge in [0.1, 0.15) is 6.54 Å². The van der Waals surface area contributed by atoms with E-state index in [4.69, 9.17) is 5.73 Å². The maximum atomic E-state index is 12.5. The SMILES string of the molecule is CCCN(CC(F)(F)F)S(=O)(=O)c1ccc(N)cc1Br. The van der Waals surface area contributed by atoms with Gasteiger partial charge in [-0.15, -0.1) is 0 Å². The predicted molar refractivity (Wildman–Crippen MR) is 73.7 cm³/mol. The number of alkyl halides is 3. The second kappa shape index (κ2) is 6.31. The minimum atomic E-state index is -4.59. The van der Waals surface area contributed by atoms with Crippen LogP contribution in [0.5, 0.6) is 0 Å². The van der Waals surface area contributed by atoms with Crippen molar-refractivity contribution in [3.05, 3.63) is 22.7 Å². The molecule has 4 nitrogen and oxygen atoms in total. The van der Waals surface area contributed by atoms with Crippen LogP contribution in [0.2, 0.25) is 0 Å². The molecule has 0 saturated heterocycles. The number of anilines is 1. The third-order valence-corrected chi connectivity index (χ3v) is 5.22. The van der Waals surface area contributed by atoms with E-state index in [1.807, 2.05) is 0 Å². The Kier molecular flexibility index (Phi) is 5.45. The maximum absolute atomic E-state index is 12.5. The molecule has 9 heteroatoms. The van der Waals surface area contributed by atoms with E-state index >= 15 is 0 Å². The third-order valence-electron chi connectivity index (χ3n) is 2.40. The Labute approximate surface area is 123 Å². The van der Waals surface area contributed by atoms with Gasteiger partial charge in [-0.1, -0.05) is 6.92 Å². The molecule has 2 N–H and O–H groups in total. The molecule has 1 rings (SSSR count). The Hall–Kier alpha value is -0.800. The zero-order valence-electron chi connectivity index (χ0n) is 10.6. The van der Waals surface area contributed by atoms with Crippen molar-refractivity contribution in [1.29, 1.82) is 0 Å². The summed E-state index contributed by atoms with van der Waals surface area (Å²) in [5, 5.41) is 0. The van der Waals surface area contributed by atoms with Gasteiger partial charge in [0.15, 0.2) is 0 Å². The number of benzene rings is 1. The Morgan fingerprint density at radius 2 is 1.95 bits per heavy atom. The molecule has 1 aromatic carbocycles. The topological polar surface area (TPSA) is 63.4 Å². The number of hydrogen-bond acceptors (Lipinski definition) is 3. The molecular weight excluding hydrogens is 361 g/mol. The van der Waals surface area contributed by atoms with E-state index in [2.05, 4.69) is 15.9 Å². The van der Waals surface area contributed by atoms with Crippen LogP contribution in [0.4, 0.5) is 18.9 Å². The van der Waals surface area contributed by atoms with Gasteiger partial charge in [0.2, 0.25) is 10.0 Å². The van der Waals surface area contributed by atoms with E-state index in [0.29, 0.717) is 9.99 Å². The Morgan fingerprint density at radius 3 is 2.40 bits per heavy atom. The highest BCUT2D eigenvalue weighted by Crippen LogP contribution is 2.29. The summed E-state index contributed by atoms with van der Waals surface area (Å²) in [4.78, 5) is -0.232. The summed E-state index contributed by atoms with van der Waals surface area (Å²) in [5.41, 5.74) is 5.80. The van der Waals surface area contributed by atoms with E-state index in [9.17, 15) is 21.6 Å². The molecule has 0 bridgehead atoms. The Morgan fingerprint density at radius 1 is 1.35 bits per heavy atom. The van der Waals surface area contributed by atoms with E-state index in [0.717, 1.165) is 0 Å². The average Bonchev–Trinajstić information content (AvgIpc) is 2.26. The fraction of sp³-hybridized carbons (Fsp3) is 0.455. The van der Waals surface area contributed by atoms with E-state index in [1.165, 1.54) is 18.2 Å². The van der Waals surface area contributed by atoms with Gasteiger partial charge in [-0.05, 0) is 40.5 Å². The fourth-order valence-corrected chi connectivity index (χ4v) is 4.17. The van der Waals surface area contributed by atoms with Crippen molar-refractivity contribution in [3.63, 3.8) is 0 Å². The summed E-state index contributed by atoms with van der Waals surface area (Å²) in [6.45, 7) is -0.116. The molecule has 0 aromatic heterocycles. The molecule has 0 radical (unpaired) electrons. The first-order chi connectivity index (χ1) is 9.08. The summed E-state index contributed by atoms with van der Waals surface area (Å²) in [6.07, 6.45) is -4.32. The quantitative estimate of drug-likeness (QED) is 0.805. The van der Waals surface area contributed by atoms with Crippen LogP contribution in [-0.2, 0) is 10.0 Å². The molecule has 0 fully saturated rings. The number of nitrogen functional groups attached to an aromatic ring is 1. The molecule has 0 spiro atoms. The Balaban J connectivity index is 3.22. The summed E-state index contributed by atoms with van der Waals surface area (Å²) in [6, 6.07) is 3.85. The number of nitrogens with zero attached hydrogens (tertiary/aromatic N) is 1. The number of sulfonamides is 1. The lowest BCUT2D eigenvalue weighted by molar-refractivity contribution is -0.136. The molecule has 0 aliphatic carbocycles. The molecule has 0 atom stereocenters. The van der Waals surface area contributed by atoms with Crippen molar-refractivity contribution in [2.45, 2.75) is 24.4 Å². The maximum Gasteiger partial charge on any atom is 0.402 e. The lowest BCUT2D eigenvalue weighted by atomic mass is 10.3. The first-order valence-electron chi connectivity index (χ1n) is 5.70. The van der Waals surface area contributed by atoms with Crippen molar-refractivity contribution in [2.24, 2.45) is 0 Å². The van der Waals surface area contributed by atoms with E-state index < -0.39 is 22.7 Å². The first-order valence-corrected chi connectivity index (χ1v) is 7.93. The lowest BCUT2D eigenvalue weighted by Crippen LogP contribution is -2.39. The number of nitrogens with two attached hydrogens (primary N) is 1. The van der Waals surface area contributed by atoms with Crippen LogP contribution in [0.1, 0.15) is 13.3 Å². The molecule has 0 amide bonds. The lowest BCUT2D eigenvalue weighted by Gasteiger charge is -2.23. The van der Waals surface area contributed by atoms with Gasteiger partial charge in [-0.2, -0.15) is 17.5 Å². The van der Waals surface area contributed by atoms with Crippen LogP contribution in [0.3, 0.4) is 0 Å². The Bertz CT molecular complexity index is 576. The number of halogens is 4. The second-order valence-corrected chi connectivity index (χ2v) is 6.90. The van der Waals surface area contributed by atoms with Crippen LogP contribution in [0.15, 0.2) is 27.6 Å². The smallest absolute Gasteiger partial charge is 0.399 e. The summed E-state index contributed by atoms with van der Waals surface area (Å²) in [5.74, 6) is 0. The monoisotopic (exact) mass is 374 g/mol. The van der Waals surface area contributed by atoms with Gasteiger partial charge in [0.05, 0.1) is 4.90 Å². The highest BCUT2D eigenvalue weighted by atomic mass is 79.9. The zero-order chi connectivity index (χ0) is 15.6. The molecule has 0 aliphatic rings. The van der Waals surface area contributed by atoms with Crippen LogP contribution < -0.4 is 5.73 Å². The first kappa shape index (κ1) is 17.3. The largest absolute Gasteiger partial charge is 0.402 e. The molecule has 20 heavy (non-hydrogen) atoms.